The molecule has 2 spiro atoms. The van der Waals surface area contributed by atoms with Gasteiger partial charge in [0.2, 0.25) is 0 Å². The molecule has 6 atom stereocenters. The Bertz CT molecular complexity index is 921. The first kappa shape index (κ1) is 13.4. The second-order valence-electron chi connectivity index (χ2n) is 8.93. The highest BCUT2D eigenvalue weighted by Crippen LogP contribution is 2.76. The summed E-state index contributed by atoms with van der Waals surface area (Å²) in [6, 6.07) is 3.68. The van der Waals surface area contributed by atoms with Crippen LogP contribution in [0.3, 0.4) is 0 Å². The molecule has 1 aromatic rings. The molecule has 1 aromatic carbocycles. The maximum absolute atomic E-state index is 12.6. The van der Waals surface area contributed by atoms with Crippen LogP contribution in [0.1, 0.15) is 30.4 Å². The number of benzene rings is 1. The minimum atomic E-state index is -1.09. The first-order valence-electron chi connectivity index (χ1n) is 9.25. The zero-order chi connectivity index (χ0) is 16.8. The van der Waals surface area contributed by atoms with Gasteiger partial charge in [-0.2, -0.15) is 0 Å². The van der Waals surface area contributed by atoms with Crippen molar-refractivity contribution in [2.75, 3.05) is 6.54 Å². The van der Waals surface area contributed by atoms with Crippen LogP contribution in [0, 0.1) is 5.92 Å². The van der Waals surface area contributed by atoms with Crippen LogP contribution in [-0.2, 0) is 16.6 Å². The number of nitrogens with zero attached hydrogens (tertiary/aromatic N) is 1. The number of aliphatic hydroxyl groups is 1. The summed E-state index contributed by atoms with van der Waals surface area (Å²) in [6.07, 6.45) is 6.73. The van der Waals surface area contributed by atoms with Gasteiger partial charge in [-0.3, -0.25) is 9.69 Å². The standard InChI is InChI=1S/C20H19NO4/c22-12-4-3-11-7-18-9-19-14(11)15(12)25-16(19)13(23)5-6-20(19,24)17(18)21(18)8-10-1-2-10/h3-6,10,16-17,22,24H,1-2,7-9H2/t16-,17?,18?,19-,20?,21?/m0/s1. The highest BCUT2D eigenvalue weighted by atomic mass is 16.5. The number of carbonyl (C=O) groups excluding carboxylic acids is 1. The van der Waals surface area contributed by atoms with Crippen LogP contribution >= 0.6 is 0 Å². The van der Waals surface area contributed by atoms with E-state index in [9.17, 15) is 15.0 Å². The molecule has 4 unspecified atom stereocenters. The molecular weight excluding hydrogens is 318 g/mol. The van der Waals surface area contributed by atoms with Crippen LogP contribution in [0.15, 0.2) is 24.3 Å². The lowest BCUT2D eigenvalue weighted by Crippen LogP contribution is -2.63. The Kier molecular flexibility index (Phi) is 1.88. The Balaban J connectivity index is 1.51. The van der Waals surface area contributed by atoms with E-state index in [1.807, 2.05) is 6.07 Å². The summed E-state index contributed by atoms with van der Waals surface area (Å²) < 4.78 is 6.00. The zero-order valence-corrected chi connectivity index (χ0v) is 13.7. The molecule has 2 bridgehead atoms. The van der Waals surface area contributed by atoms with E-state index in [4.69, 9.17) is 4.74 Å². The summed E-state index contributed by atoms with van der Waals surface area (Å²) >= 11 is 0. The molecule has 5 heteroatoms. The minimum Gasteiger partial charge on any atom is -0.504 e. The number of phenolic OH excluding ortho intramolecular Hbond substituents is 1. The highest BCUT2D eigenvalue weighted by Gasteiger charge is 2.88. The maximum Gasteiger partial charge on any atom is 0.196 e. The largest absolute Gasteiger partial charge is 0.504 e. The van der Waals surface area contributed by atoms with E-state index in [1.54, 1.807) is 12.1 Å². The number of aromatic hydroxyl groups is 1. The molecular formula is C20H19NO4. The van der Waals surface area contributed by atoms with E-state index in [0.29, 0.717) is 5.75 Å². The van der Waals surface area contributed by atoms with Crippen molar-refractivity contribution in [3.05, 3.63) is 35.4 Å². The van der Waals surface area contributed by atoms with Gasteiger partial charge in [-0.1, -0.05) is 6.07 Å². The number of ether oxygens (including phenoxy) is 1. The number of ketones is 1. The summed E-state index contributed by atoms with van der Waals surface area (Å²) in [6.45, 7) is 1.05. The number of rotatable bonds is 2. The van der Waals surface area contributed by atoms with E-state index in [-0.39, 0.29) is 23.1 Å². The van der Waals surface area contributed by atoms with Gasteiger partial charge < -0.3 is 14.9 Å². The summed E-state index contributed by atoms with van der Waals surface area (Å²) in [5, 5.41) is 22.2. The van der Waals surface area contributed by atoms with Crippen LogP contribution in [0.5, 0.6) is 11.5 Å². The average molecular weight is 337 g/mol. The molecule has 2 saturated carbocycles. The molecule has 2 N–H and O–H groups in total. The number of hydrogen-bond donors (Lipinski definition) is 2. The molecule has 4 aliphatic carbocycles. The fraction of sp³-hybridized carbons (Fsp3) is 0.550. The monoisotopic (exact) mass is 337 g/mol. The van der Waals surface area contributed by atoms with Crippen molar-refractivity contribution in [2.24, 2.45) is 5.92 Å². The first-order valence-corrected chi connectivity index (χ1v) is 9.25. The molecule has 0 aromatic heterocycles. The van der Waals surface area contributed by atoms with Crippen molar-refractivity contribution in [2.45, 2.75) is 54.4 Å². The Morgan fingerprint density at radius 1 is 1.32 bits per heavy atom. The second-order valence-corrected chi connectivity index (χ2v) is 8.93. The van der Waals surface area contributed by atoms with Gasteiger partial charge in [0.25, 0.3) is 0 Å². The molecule has 128 valence electrons. The second kappa shape index (κ2) is 3.51. The molecule has 2 heterocycles. The highest BCUT2D eigenvalue weighted by molar-refractivity contribution is 5.99. The lowest BCUT2D eigenvalue weighted by molar-refractivity contribution is -0.131. The molecule has 2 aliphatic heterocycles. The van der Waals surface area contributed by atoms with Crippen LogP contribution in [-0.4, -0.2) is 50.7 Å². The molecule has 3 fully saturated rings. The number of piperidine rings is 1. The molecule has 25 heavy (non-hydrogen) atoms. The van der Waals surface area contributed by atoms with Crippen molar-refractivity contribution < 1.29 is 19.7 Å². The number of phenols is 1. The van der Waals surface area contributed by atoms with E-state index in [2.05, 4.69) is 4.90 Å². The van der Waals surface area contributed by atoms with Crippen molar-refractivity contribution in [3.63, 3.8) is 0 Å². The minimum absolute atomic E-state index is 0.0524. The van der Waals surface area contributed by atoms with Gasteiger partial charge in [-0.05, 0) is 55.4 Å². The van der Waals surface area contributed by atoms with E-state index in [0.717, 1.165) is 36.4 Å². The Morgan fingerprint density at radius 3 is 2.96 bits per heavy atom. The average Bonchev–Trinajstić information content (AvgIpc) is 3.45. The third-order valence-corrected chi connectivity index (χ3v) is 7.80. The summed E-state index contributed by atoms with van der Waals surface area (Å²) in [5.41, 5.74) is 0.140. The molecule has 5 nitrogen and oxygen atoms in total. The van der Waals surface area contributed by atoms with Gasteiger partial charge in [-0.15, -0.1) is 0 Å². The Morgan fingerprint density at radius 2 is 2.16 bits per heavy atom. The van der Waals surface area contributed by atoms with E-state index < -0.39 is 17.1 Å². The van der Waals surface area contributed by atoms with Crippen molar-refractivity contribution in [1.29, 1.82) is 0 Å². The molecule has 1 saturated heterocycles. The normalized spacial score (nSPS) is 49.6. The number of carbonyl (C=O) groups is 1. The van der Waals surface area contributed by atoms with E-state index >= 15 is 0 Å². The van der Waals surface area contributed by atoms with Gasteiger partial charge in [0.05, 0.1) is 11.5 Å². The Labute approximate surface area is 144 Å². The van der Waals surface area contributed by atoms with Gasteiger partial charge in [0.1, 0.15) is 5.60 Å². The van der Waals surface area contributed by atoms with Crippen LogP contribution in [0.2, 0.25) is 0 Å². The fourth-order valence-corrected chi connectivity index (χ4v) is 6.75. The molecule has 6 aliphatic rings. The predicted octanol–water partition coefficient (Wildman–Crippen LogP) is 1.05. The Hall–Kier alpha value is -1.85. The van der Waals surface area contributed by atoms with Crippen LogP contribution < -0.4 is 4.74 Å². The predicted molar refractivity (Wildman–Crippen MR) is 87.6 cm³/mol. The van der Waals surface area contributed by atoms with Gasteiger partial charge in [0.15, 0.2) is 23.4 Å². The van der Waals surface area contributed by atoms with Crippen LogP contribution in [0.25, 0.3) is 0 Å². The quantitative estimate of drug-likeness (QED) is 0.790. The molecule has 0 amide bonds. The lowest BCUT2D eigenvalue weighted by atomic mass is 9.59. The smallest absolute Gasteiger partial charge is 0.196 e. The lowest BCUT2D eigenvalue weighted by Gasteiger charge is -2.47. The summed E-state index contributed by atoms with van der Waals surface area (Å²) in [7, 11) is 0. The van der Waals surface area contributed by atoms with E-state index in [1.165, 1.54) is 18.9 Å². The zero-order valence-electron chi connectivity index (χ0n) is 13.7. The third-order valence-electron chi connectivity index (χ3n) is 7.80. The first-order chi connectivity index (χ1) is 12.0. The fourth-order valence-electron chi connectivity index (χ4n) is 6.75. The van der Waals surface area contributed by atoms with Gasteiger partial charge in [0, 0.05) is 17.6 Å². The SMILES string of the molecule is O=C1C=CC2(O)C3N(CC4CC4)C34Cc3ccc(O)c5c3[C@@]2(C4)[C@H]1O5. The van der Waals surface area contributed by atoms with Gasteiger partial charge >= 0.3 is 0 Å². The third kappa shape index (κ3) is 1.16. The number of likely N-dealkylation sites (tertiary alicyclic amines) is 1. The molecule has 7 rings (SSSR count). The topological polar surface area (TPSA) is 69.8 Å². The van der Waals surface area contributed by atoms with Crippen molar-refractivity contribution >= 4 is 5.78 Å². The number of hydrogen-bond acceptors (Lipinski definition) is 5. The maximum atomic E-state index is 12.6. The summed E-state index contributed by atoms with van der Waals surface area (Å²) in [5.74, 6) is 1.16. The summed E-state index contributed by atoms with van der Waals surface area (Å²) in [4.78, 5) is 15.1. The van der Waals surface area contributed by atoms with Crippen molar-refractivity contribution in [3.8, 4) is 11.5 Å². The number of fused-ring (bicyclic) bond motifs is 1. The van der Waals surface area contributed by atoms with Crippen LogP contribution in [0.4, 0.5) is 0 Å². The van der Waals surface area contributed by atoms with Gasteiger partial charge in [-0.25, -0.2) is 0 Å². The van der Waals surface area contributed by atoms with Crippen molar-refractivity contribution in [1.82, 2.24) is 4.90 Å². The molecule has 0 radical (unpaired) electrons.